The summed E-state index contributed by atoms with van der Waals surface area (Å²) >= 11 is 0. The first-order valence-corrected chi connectivity index (χ1v) is 7.49. The minimum Gasteiger partial charge on any atom is -0.373 e. The van der Waals surface area contributed by atoms with Crippen LogP contribution >= 0.6 is 0 Å². The largest absolute Gasteiger partial charge is 0.373 e. The van der Waals surface area contributed by atoms with Crippen molar-refractivity contribution in [1.82, 2.24) is 4.90 Å². The number of piperidine rings is 1. The van der Waals surface area contributed by atoms with Crippen molar-refractivity contribution in [2.24, 2.45) is 17.6 Å². The van der Waals surface area contributed by atoms with Gasteiger partial charge in [0.15, 0.2) is 0 Å². The lowest BCUT2D eigenvalue weighted by Crippen LogP contribution is -2.58. The van der Waals surface area contributed by atoms with E-state index in [1.54, 1.807) is 18.1 Å². The fourth-order valence-corrected chi connectivity index (χ4v) is 4.27. The maximum Gasteiger partial charge on any atom is 0.248 e. The van der Waals surface area contributed by atoms with Gasteiger partial charge in [-0.1, -0.05) is 18.6 Å². The molecule has 1 amide bonds. The number of ether oxygens (including phenoxy) is 1. The van der Waals surface area contributed by atoms with Crippen molar-refractivity contribution < 1.29 is 13.6 Å². The summed E-state index contributed by atoms with van der Waals surface area (Å²) in [4.78, 5) is 13.2. The van der Waals surface area contributed by atoms with Crippen molar-refractivity contribution in [2.45, 2.75) is 24.9 Å². The molecular weight excluding hydrogens is 264 g/mol. The Balaban J connectivity index is 2.03. The normalized spacial score (nSPS) is 35.6. The van der Waals surface area contributed by atoms with Crippen LogP contribution in [0.1, 0.15) is 39.3 Å². The number of fused-ring (bicyclic) bond motifs is 2. The molecule has 1 aromatic rings. The van der Waals surface area contributed by atoms with Crippen LogP contribution in [-0.2, 0) is 10.3 Å². The Hall–Kier alpha value is -1.39. The molecule has 1 heterocycles. The first-order chi connectivity index (χ1) is 11.3. The molecule has 1 unspecified atom stereocenters. The van der Waals surface area contributed by atoms with Crippen molar-refractivity contribution in [2.75, 3.05) is 27.2 Å². The van der Waals surface area contributed by atoms with E-state index in [4.69, 9.17) is 14.6 Å². The maximum absolute atomic E-state index is 11.6. The van der Waals surface area contributed by atoms with Crippen LogP contribution in [0.3, 0.4) is 0 Å². The quantitative estimate of drug-likeness (QED) is 0.926. The second-order valence-electron chi connectivity index (χ2n) is 6.17. The molecule has 21 heavy (non-hydrogen) atoms. The lowest BCUT2D eigenvalue weighted by Gasteiger charge is -2.54. The molecular formula is C17H24N2O2. The SMILES string of the molecule is [2H]C([2H])([2H])N1C[C@H]2CCC[C@@H](C1)C2(OC)c1cccc(C(N)=O)c1. The Morgan fingerprint density at radius 3 is 2.71 bits per heavy atom. The average molecular weight is 291 g/mol. The summed E-state index contributed by atoms with van der Waals surface area (Å²) in [5.74, 6) is -0.301. The zero-order valence-electron chi connectivity index (χ0n) is 15.3. The Bertz CT molecular complexity index is 619. The number of benzene rings is 1. The fourth-order valence-electron chi connectivity index (χ4n) is 4.27. The van der Waals surface area contributed by atoms with Gasteiger partial charge in [0.2, 0.25) is 5.91 Å². The number of methoxy groups -OCH3 is 1. The summed E-state index contributed by atoms with van der Waals surface area (Å²) in [6.07, 6.45) is 2.90. The van der Waals surface area contributed by atoms with Crippen molar-refractivity contribution in [3.05, 3.63) is 35.4 Å². The highest BCUT2D eigenvalue weighted by Gasteiger charge is 2.52. The number of likely N-dealkylation sites (tertiary alicyclic amines) is 1. The molecule has 3 rings (SSSR count). The van der Waals surface area contributed by atoms with E-state index < -0.39 is 18.5 Å². The highest BCUT2D eigenvalue weighted by atomic mass is 16.5. The van der Waals surface area contributed by atoms with Crippen LogP contribution < -0.4 is 5.73 Å². The molecule has 0 radical (unpaired) electrons. The van der Waals surface area contributed by atoms with Gasteiger partial charge in [-0.05, 0) is 37.5 Å². The molecule has 1 aromatic carbocycles. The van der Waals surface area contributed by atoms with Gasteiger partial charge in [0.1, 0.15) is 5.60 Å². The average Bonchev–Trinajstić information content (AvgIpc) is 2.52. The van der Waals surface area contributed by atoms with E-state index in [9.17, 15) is 4.79 Å². The number of hydrogen-bond donors (Lipinski definition) is 1. The van der Waals surface area contributed by atoms with Crippen LogP contribution in [0.4, 0.5) is 0 Å². The zero-order chi connectivity index (χ0) is 17.5. The third-order valence-corrected chi connectivity index (χ3v) is 5.14. The van der Waals surface area contributed by atoms with Crippen LogP contribution in [0.15, 0.2) is 24.3 Å². The number of nitrogens with two attached hydrogens (primary N) is 1. The molecule has 0 spiro atoms. The Kier molecular flexibility index (Phi) is 2.90. The first-order valence-electron chi connectivity index (χ1n) is 8.99. The second-order valence-corrected chi connectivity index (χ2v) is 6.17. The van der Waals surface area contributed by atoms with Crippen LogP contribution in [0.25, 0.3) is 0 Å². The monoisotopic (exact) mass is 291 g/mol. The number of carbonyl (C=O) groups excluding carboxylic acids is 1. The van der Waals surface area contributed by atoms with E-state index in [-0.39, 0.29) is 11.8 Å². The molecule has 2 aliphatic rings. The molecule has 4 heteroatoms. The number of primary amides is 1. The number of carbonyl (C=O) groups is 1. The summed E-state index contributed by atoms with van der Waals surface area (Å²) in [5.41, 5.74) is 6.27. The molecule has 2 fully saturated rings. The molecule has 1 aliphatic carbocycles. The Labute approximate surface area is 130 Å². The standard InChI is InChI=1S/C17H24N2O2/c1-19-10-14-7-4-8-15(11-19)17(14,21-2)13-6-3-5-12(9-13)16(18)20/h3,5-6,9,14-15H,4,7-8,10-11H2,1-2H3,(H2,18,20)/t14-,15+,17?/i1D3. The lowest BCUT2D eigenvalue weighted by molar-refractivity contribution is -0.165. The molecule has 3 atom stereocenters. The van der Waals surface area contributed by atoms with Crippen molar-refractivity contribution in [3.8, 4) is 0 Å². The van der Waals surface area contributed by atoms with Gasteiger partial charge in [-0.25, -0.2) is 0 Å². The van der Waals surface area contributed by atoms with E-state index >= 15 is 0 Å². The van der Waals surface area contributed by atoms with E-state index in [0.29, 0.717) is 18.7 Å². The third kappa shape index (κ3) is 2.27. The Morgan fingerprint density at radius 2 is 2.14 bits per heavy atom. The van der Waals surface area contributed by atoms with E-state index in [2.05, 4.69) is 0 Å². The summed E-state index contributed by atoms with van der Waals surface area (Å²) in [6.45, 7) is -1.13. The van der Waals surface area contributed by atoms with E-state index in [0.717, 1.165) is 24.8 Å². The first kappa shape index (κ1) is 11.2. The highest BCUT2D eigenvalue weighted by Crippen LogP contribution is 2.51. The summed E-state index contributed by atoms with van der Waals surface area (Å²) in [6, 6.07) is 7.29. The van der Waals surface area contributed by atoms with Crippen LogP contribution in [0.2, 0.25) is 0 Å². The molecule has 0 aromatic heterocycles. The van der Waals surface area contributed by atoms with Crippen molar-refractivity contribution >= 4 is 5.91 Å². The second kappa shape index (κ2) is 5.43. The predicted octanol–water partition coefficient (Wildman–Crippen LogP) is 1.99. The van der Waals surface area contributed by atoms with Crippen LogP contribution in [0.5, 0.6) is 0 Å². The summed E-state index contributed by atoms with van der Waals surface area (Å²) in [7, 11) is 1.69. The molecule has 2 bridgehead atoms. The maximum atomic E-state index is 11.6. The van der Waals surface area contributed by atoms with Crippen molar-refractivity contribution in [3.63, 3.8) is 0 Å². The van der Waals surface area contributed by atoms with Gasteiger partial charge in [-0.2, -0.15) is 0 Å². The van der Waals surface area contributed by atoms with Gasteiger partial charge in [0.05, 0.1) is 0 Å². The minimum atomic E-state index is -2.08. The number of amides is 1. The fraction of sp³-hybridized carbons (Fsp3) is 0.588. The van der Waals surface area contributed by atoms with Gasteiger partial charge >= 0.3 is 0 Å². The van der Waals surface area contributed by atoms with Gasteiger partial charge in [-0.3, -0.25) is 4.79 Å². The smallest absolute Gasteiger partial charge is 0.248 e. The summed E-state index contributed by atoms with van der Waals surface area (Å²) in [5, 5.41) is 0. The van der Waals surface area contributed by atoms with Crippen LogP contribution in [-0.4, -0.2) is 38.0 Å². The van der Waals surface area contributed by atoms with E-state index in [1.165, 1.54) is 0 Å². The molecule has 1 saturated carbocycles. The topological polar surface area (TPSA) is 55.6 Å². The molecule has 2 N–H and O–H groups in total. The predicted molar refractivity (Wildman–Crippen MR) is 82.0 cm³/mol. The molecule has 1 aliphatic heterocycles. The highest BCUT2D eigenvalue weighted by molar-refractivity contribution is 5.92. The molecule has 1 saturated heterocycles. The van der Waals surface area contributed by atoms with Gasteiger partial charge in [0, 0.05) is 41.7 Å². The zero-order valence-corrected chi connectivity index (χ0v) is 12.3. The third-order valence-electron chi connectivity index (χ3n) is 5.14. The number of hydrogen-bond acceptors (Lipinski definition) is 3. The van der Waals surface area contributed by atoms with E-state index in [1.807, 2.05) is 18.2 Å². The number of nitrogens with zero attached hydrogens (tertiary/aromatic N) is 1. The molecule has 4 nitrogen and oxygen atoms in total. The van der Waals surface area contributed by atoms with Crippen LogP contribution in [0, 0.1) is 11.8 Å². The number of rotatable bonds is 3. The van der Waals surface area contributed by atoms with Gasteiger partial charge in [-0.15, -0.1) is 0 Å². The summed E-state index contributed by atoms with van der Waals surface area (Å²) < 4.78 is 29.3. The van der Waals surface area contributed by atoms with Gasteiger partial charge < -0.3 is 15.4 Å². The van der Waals surface area contributed by atoms with Crippen molar-refractivity contribution in [1.29, 1.82) is 0 Å². The lowest BCUT2D eigenvalue weighted by atomic mass is 9.62. The Morgan fingerprint density at radius 1 is 1.43 bits per heavy atom. The van der Waals surface area contributed by atoms with Gasteiger partial charge in [0.25, 0.3) is 0 Å². The molecule has 114 valence electrons. The minimum absolute atomic E-state index is 0.0820.